The Bertz CT molecular complexity index is 1330. The number of esters is 1. The molecule has 2 aliphatic heterocycles. The van der Waals surface area contributed by atoms with E-state index in [1.54, 1.807) is 17.6 Å². The molecule has 6 nitrogen and oxygen atoms in total. The van der Waals surface area contributed by atoms with E-state index in [1.807, 2.05) is 6.92 Å². The van der Waals surface area contributed by atoms with Gasteiger partial charge in [-0.05, 0) is 43.0 Å². The zero-order valence-corrected chi connectivity index (χ0v) is 17.0. The van der Waals surface area contributed by atoms with Crippen molar-refractivity contribution in [3.05, 3.63) is 61.7 Å². The lowest BCUT2D eigenvalue weighted by Crippen LogP contribution is -2.32. The number of halogens is 1. The number of aliphatic hydroxyl groups excluding tert-OH is 1. The minimum atomic E-state index is -1.49. The van der Waals surface area contributed by atoms with Crippen LogP contribution in [0.3, 0.4) is 0 Å². The Morgan fingerprint density at radius 1 is 1.23 bits per heavy atom. The van der Waals surface area contributed by atoms with Crippen LogP contribution in [0.4, 0.5) is 4.39 Å². The van der Waals surface area contributed by atoms with Crippen LogP contribution in [0.2, 0.25) is 0 Å². The van der Waals surface area contributed by atoms with Crippen molar-refractivity contribution >= 4 is 16.9 Å². The van der Waals surface area contributed by atoms with Crippen molar-refractivity contribution in [2.45, 2.75) is 52.9 Å². The van der Waals surface area contributed by atoms with E-state index in [2.05, 4.69) is 6.92 Å². The Labute approximate surface area is 171 Å². The zero-order valence-electron chi connectivity index (χ0n) is 17.0. The van der Waals surface area contributed by atoms with Crippen molar-refractivity contribution in [3.63, 3.8) is 0 Å². The lowest BCUT2D eigenvalue weighted by atomic mass is 9.92. The molecule has 0 radical (unpaired) electrons. The topological polar surface area (TPSA) is 81.4 Å². The van der Waals surface area contributed by atoms with Gasteiger partial charge in [0.1, 0.15) is 12.4 Å². The molecule has 2 aliphatic rings. The van der Waals surface area contributed by atoms with Crippen molar-refractivity contribution in [1.82, 2.24) is 9.55 Å². The van der Waals surface area contributed by atoms with Gasteiger partial charge in [0.05, 0.1) is 29.0 Å². The fourth-order valence-electron chi connectivity index (χ4n) is 4.68. The van der Waals surface area contributed by atoms with Gasteiger partial charge in [-0.1, -0.05) is 13.3 Å². The minimum Gasteiger partial charge on any atom is -0.458 e. The number of hydrogen-bond acceptors (Lipinski definition) is 5. The summed E-state index contributed by atoms with van der Waals surface area (Å²) in [5.74, 6) is -1.08. The molecule has 0 saturated heterocycles. The molecule has 0 saturated carbocycles. The fraction of sp³-hybridized carbons (Fsp3) is 0.348. The summed E-state index contributed by atoms with van der Waals surface area (Å²) >= 11 is 0. The van der Waals surface area contributed by atoms with Crippen molar-refractivity contribution < 1.29 is 19.0 Å². The summed E-state index contributed by atoms with van der Waals surface area (Å²) in [6.07, 6.45) is 0.179. The number of nitrogens with zero attached hydrogens (tertiary/aromatic N) is 2. The summed E-state index contributed by atoms with van der Waals surface area (Å²) in [6, 6.07) is 3.10. The number of benzene rings is 1. The first-order chi connectivity index (χ1) is 14.3. The van der Waals surface area contributed by atoms with Gasteiger partial charge in [-0.15, -0.1) is 0 Å². The number of cyclic esters (lactones) is 1. The molecule has 5 rings (SSSR count). The van der Waals surface area contributed by atoms with Gasteiger partial charge in [0.25, 0.3) is 5.56 Å². The average Bonchev–Trinajstić information content (AvgIpc) is 3.08. The third kappa shape index (κ3) is 2.41. The second-order valence-corrected chi connectivity index (χ2v) is 8.04. The first-order valence-corrected chi connectivity index (χ1v) is 10.1. The lowest BCUT2D eigenvalue weighted by Gasteiger charge is -2.21. The molecule has 0 bridgehead atoms. The van der Waals surface area contributed by atoms with Crippen LogP contribution in [-0.4, -0.2) is 20.6 Å². The first kappa shape index (κ1) is 18.9. The van der Waals surface area contributed by atoms with Gasteiger partial charge in [-0.25, -0.2) is 14.2 Å². The number of aromatic nitrogens is 2. The fourth-order valence-corrected chi connectivity index (χ4v) is 4.68. The van der Waals surface area contributed by atoms with Gasteiger partial charge in [0.15, 0.2) is 6.10 Å². The minimum absolute atomic E-state index is 0.151. The van der Waals surface area contributed by atoms with Crippen molar-refractivity contribution in [3.8, 4) is 11.4 Å². The Kier molecular flexibility index (Phi) is 4.08. The quantitative estimate of drug-likeness (QED) is 0.515. The molecule has 0 spiro atoms. The van der Waals surface area contributed by atoms with E-state index in [-0.39, 0.29) is 23.5 Å². The van der Waals surface area contributed by atoms with Crippen LogP contribution < -0.4 is 5.56 Å². The Morgan fingerprint density at radius 3 is 2.73 bits per heavy atom. The van der Waals surface area contributed by atoms with Crippen LogP contribution in [0, 0.1) is 19.7 Å². The molecule has 4 heterocycles. The Morgan fingerprint density at radius 2 is 2.00 bits per heavy atom. The van der Waals surface area contributed by atoms with Crippen molar-refractivity contribution in [2.75, 3.05) is 0 Å². The Hall–Kier alpha value is -3.06. The molecule has 154 valence electrons. The molecular weight excluding hydrogens is 387 g/mol. The molecule has 30 heavy (non-hydrogen) atoms. The van der Waals surface area contributed by atoms with Gasteiger partial charge < -0.3 is 14.4 Å². The van der Waals surface area contributed by atoms with Crippen molar-refractivity contribution in [1.29, 1.82) is 0 Å². The average molecular weight is 408 g/mol. The number of aliphatic hydroxyl groups is 1. The van der Waals surface area contributed by atoms with Crippen LogP contribution >= 0.6 is 0 Å². The monoisotopic (exact) mass is 408 g/mol. The Balaban J connectivity index is 1.85. The highest BCUT2D eigenvalue weighted by Gasteiger charge is 2.34. The number of carbonyl (C=O) groups excluding carboxylic acids is 1. The van der Waals surface area contributed by atoms with Gasteiger partial charge in [-0.2, -0.15) is 0 Å². The molecule has 1 atom stereocenters. The van der Waals surface area contributed by atoms with E-state index in [1.165, 1.54) is 6.07 Å². The third-order valence-corrected chi connectivity index (χ3v) is 6.37. The maximum atomic E-state index is 14.5. The highest BCUT2D eigenvalue weighted by molar-refractivity contribution is 5.91. The predicted octanol–water partition coefficient (Wildman–Crippen LogP) is 3.22. The maximum Gasteiger partial charge on any atom is 0.340 e. The van der Waals surface area contributed by atoms with Crippen molar-refractivity contribution in [2.24, 2.45) is 0 Å². The summed E-state index contributed by atoms with van der Waals surface area (Å²) < 4.78 is 21.0. The summed E-state index contributed by atoms with van der Waals surface area (Å²) in [7, 11) is 0. The first-order valence-electron chi connectivity index (χ1n) is 10.1. The molecule has 1 unspecified atom stereocenters. The molecule has 1 N–H and O–H groups in total. The third-order valence-electron chi connectivity index (χ3n) is 6.37. The predicted molar refractivity (Wildman–Crippen MR) is 109 cm³/mol. The number of rotatable bonds is 2. The van der Waals surface area contributed by atoms with Crippen LogP contribution in [0.25, 0.3) is 22.3 Å². The maximum absolute atomic E-state index is 14.5. The summed E-state index contributed by atoms with van der Waals surface area (Å²) in [5.41, 5.74) is 5.45. The normalized spacial score (nSPS) is 17.0. The number of ether oxygens (including phenoxy) is 1. The van der Waals surface area contributed by atoms with Crippen LogP contribution in [0.5, 0.6) is 0 Å². The van der Waals surface area contributed by atoms with Gasteiger partial charge in [0.2, 0.25) is 0 Å². The van der Waals surface area contributed by atoms with E-state index in [4.69, 9.17) is 9.72 Å². The zero-order chi connectivity index (χ0) is 21.3. The molecule has 0 amide bonds. The molecule has 3 aromatic rings. The van der Waals surface area contributed by atoms with E-state index >= 15 is 0 Å². The van der Waals surface area contributed by atoms with E-state index in [0.717, 1.165) is 34.9 Å². The van der Waals surface area contributed by atoms with E-state index in [0.29, 0.717) is 34.6 Å². The molecule has 7 heteroatoms. The lowest BCUT2D eigenvalue weighted by molar-refractivity contribution is -0.157. The standard InChI is InChI=1S/C23H21FN2O4/c1-4-5-12-14-8-26-18(6-13-15(22(26)28)9-30-23(29)21(13)27)20(14)25-17-7-16(24)10(2)11(3)19(12)17/h6-7,21,27H,4-5,8-9H2,1-3H3. The number of pyridine rings is 2. The summed E-state index contributed by atoms with van der Waals surface area (Å²) in [5, 5.41) is 11.2. The molecule has 0 aliphatic carbocycles. The number of fused-ring (bicyclic) bond motifs is 5. The molecular formula is C23H21FN2O4. The summed E-state index contributed by atoms with van der Waals surface area (Å²) in [4.78, 5) is 29.7. The number of aryl methyl sites for hydroxylation is 2. The number of hydrogen-bond donors (Lipinski definition) is 1. The molecule has 2 aromatic heterocycles. The highest BCUT2D eigenvalue weighted by atomic mass is 19.1. The molecule has 1 aromatic carbocycles. The van der Waals surface area contributed by atoms with Gasteiger partial charge in [0, 0.05) is 22.6 Å². The van der Waals surface area contributed by atoms with Gasteiger partial charge >= 0.3 is 5.97 Å². The largest absolute Gasteiger partial charge is 0.458 e. The number of carbonyl (C=O) groups is 1. The smallest absolute Gasteiger partial charge is 0.340 e. The van der Waals surface area contributed by atoms with E-state index < -0.39 is 12.1 Å². The van der Waals surface area contributed by atoms with E-state index in [9.17, 15) is 19.1 Å². The second kappa shape index (κ2) is 6.47. The van der Waals surface area contributed by atoms with Crippen LogP contribution in [0.1, 0.15) is 52.8 Å². The summed E-state index contributed by atoms with van der Waals surface area (Å²) in [6.45, 7) is 5.95. The van der Waals surface area contributed by atoms with Gasteiger partial charge in [-0.3, -0.25) is 4.79 Å². The highest BCUT2D eigenvalue weighted by Crippen LogP contribution is 2.39. The molecule has 0 fully saturated rings. The SMILES string of the molecule is CCCc1c2c(nc3cc(F)c(C)c(C)c13)-c1cc3c(c(=O)n1C2)COC(=O)C3O. The van der Waals surface area contributed by atoms with Crippen LogP contribution in [-0.2, 0) is 29.1 Å². The van der Waals surface area contributed by atoms with Crippen LogP contribution in [0.15, 0.2) is 16.9 Å². The second-order valence-electron chi connectivity index (χ2n) is 8.04.